The van der Waals surface area contributed by atoms with Gasteiger partial charge in [-0.25, -0.2) is 4.79 Å². The molecule has 2 heterocycles. The Kier molecular flexibility index (Phi) is 4.80. The maximum absolute atomic E-state index is 12.7. The van der Waals surface area contributed by atoms with Crippen molar-refractivity contribution in [1.82, 2.24) is 10.2 Å². The SMILES string of the molecule is COc1ccc2oc(C(=O)O[C@@H](C)c3nnc(-c4ccc(C)cc4)o3)c(C)c2c1. The van der Waals surface area contributed by atoms with Gasteiger partial charge in [-0.05, 0) is 51.1 Å². The third kappa shape index (κ3) is 3.59. The fourth-order valence-electron chi connectivity index (χ4n) is 3.00. The Hall–Kier alpha value is -3.61. The summed E-state index contributed by atoms with van der Waals surface area (Å²) in [6, 6.07) is 13.1. The Balaban J connectivity index is 1.53. The van der Waals surface area contributed by atoms with Crippen LogP contribution in [0, 0.1) is 13.8 Å². The molecule has 0 N–H and O–H groups in total. The zero-order chi connectivity index (χ0) is 20.5. The van der Waals surface area contributed by atoms with E-state index < -0.39 is 12.1 Å². The summed E-state index contributed by atoms with van der Waals surface area (Å²) in [6.07, 6.45) is -0.726. The molecule has 0 saturated heterocycles. The molecule has 0 amide bonds. The number of benzene rings is 2. The highest BCUT2D eigenvalue weighted by Crippen LogP contribution is 2.30. The lowest BCUT2D eigenvalue weighted by Crippen LogP contribution is -2.09. The summed E-state index contributed by atoms with van der Waals surface area (Å²) >= 11 is 0. The number of hydrogen-bond acceptors (Lipinski definition) is 7. The predicted octanol–water partition coefficient (Wildman–Crippen LogP) is 5.03. The van der Waals surface area contributed by atoms with Gasteiger partial charge in [0.15, 0.2) is 6.10 Å². The van der Waals surface area contributed by atoms with Gasteiger partial charge in [-0.2, -0.15) is 0 Å². The second-order valence-electron chi connectivity index (χ2n) is 6.78. The maximum Gasteiger partial charge on any atom is 0.375 e. The van der Waals surface area contributed by atoms with Gasteiger partial charge in [-0.3, -0.25) is 0 Å². The summed E-state index contributed by atoms with van der Waals surface area (Å²) in [5.74, 6) is 0.807. The van der Waals surface area contributed by atoms with Crippen molar-refractivity contribution in [2.75, 3.05) is 7.11 Å². The van der Waals surface area contributed by atoms with E-state index in [1.165, 1.54) is 0 Å². The number of ether oxygens (including phenoxy) is 2. The van der Waals surface area contributed by atoms with Crippen LogP contribution in [0.3, 0.4) is 0 Å². The molecular formula is C22H20N2O5. The van der Waals surface area contributed by atoms with Gasteiger partial charge in [0.1, 0.15) is 11.3 Å². The highest BCUT2D eigenvalue weighted by molar-refractivity contribution is 5.96. The molecule has 0 aliphatic rings. The number of aryl methyl sites for hydroxylation is 2. The van der Waals surface area contributed by atoms with Crippen LogP contribution < -0.4 is 4.74 Å². The molecule has 0 fully saturated rings. The average molecular weight is 392 g/mol. The zero-order valence-electron chi connectivity index (χ0n) is 16.6. The first kappa shape index (κ1) is 18.7. The molecule has 0 unspecified atom stereocenters. The van der Waals surface area contributed by atoms with Crippen LogP contribution in [0.2, 0.25) is 0 Å². The zero-order valence-corrected chi connectivity index (χ0v) is 16.6. The molecule has 4 rings (SSSR count). The first-order chi connectivity index (χ1) is 14.0. The van der Waals surface area contributed by atoms with E-state index in [4.69, 9.17) is 18.3 Å². The fourth-order valence-corrected chi connectivity index (χ4v) is 3.00. The topological polar surface area (TPSA) is 87.6 Å². The third-order valence-electron chi connectivity index (χ3n) is 4.70. The van der Waals surface area contributed by atoms with Crippen molar-refractivity contribution in [3.63, 3.8) is 0 Å². The summed E-state index contributed by atoms with van der Waals surface area (Å²) in [5, 5.41) is 8.85. The van der Waals surface area contributed by atoms with Crippen molar-refractivity contribution in [3.05, 3.63) is 65.2 Å². The molecule has 4 aromatic rings. The van der Waals surface area contributed by atoms with Gasteiger partial charge in [0.2, 0.25) is 11.7 Å². The summed E-state index contributed by atoms with van der Waals surface area (Å²) in [5.41, 5.74) is 3.20. The van der Waals surface area contributed by atoms with Crippen LogP contribution >= 0.6 is 0 Å². The van der Waals surface area contributed by atoms with Crippen LogP contribution in [0.1, 0.15) is 40.6 Å². The number of furan rings is 1. The Morgan fingerprint density at radius 1 is 1.03 bits per heavy atom. The number of rotatable bonds is 5. The van der Waals surface area contributed by atoms with E-state index in [1.807, 2.05) is 37.3 Å². The minimum atomic E-state index is -0.726. The molecule has 0 spiro atoms. The average Bonchev–Trinajstić information content (AvgIpc) is 3.34. The predicted molar refractivity (Wildman–Crippen MR) is 106 cm³/mol. The first-order valence-corrected chi connectivity index (χ1v) is 9.15. The molecule has 0 bridgehead atoms. The molecule has 0 aliphatic heterocycles. The lowest BCUT2D eigenvalue weighted by Gasteiger charge is -2.08. The van der Waals surface area contributed by atoms with Gasteiger partial charge in [-0.15, -0.1) is 10.2 Å². The van der Waals surface area contributed by atoms with Crippen molar-refractivity contribution >= 4 is 16.9 Å². The lowest BCUT2D eigenvalue weighted by atomic mass is 10.1. The van der Waals surface area contributed by atoms with Gasteiger partial charge < -0.3 is 18.3 Å². The third-order valence-corrected chi connectivity index (χ3v) is 4.70. The molecule has 7 heteroatoms. The summed E-state index contributed by atoms with van der Waals surface area (Å²) in [7, 11) is 1.59. The van der Waals surface area contributed by atoms with Crippen LogP contribution in [-0.2, 0) is 4.74 Å². The second-order valence-corrected chi connectivity index (χ2v) is 6.78. The molecule has 0 aliphatic carbocycles. The second kappa shape index (κ2) is 7.43. The summed E-state index contributed by atoms with van der Waals surface area (Å²) in [6.45, 7) is 5.47. The minimum Gasteiger partial charge on any atom is -0.497 e. The monoisotopic (exact) mass is 392 g/mol. The van der Waals surface area contributed by atoms with E-state index in [0.29, 0.717) is 22.8 Å². The molecule has 0 radical (unpaired) electrons. The summed E-state index contributed by atoms with van der Waals surface area (Å²) in [4.78, 5) is 12.7. The number of nitrogens with zero attached hydrogens (tertiary/aromatic N) is 2. The van der Waals surface area contributed by atoms with Crippen LogP contribution in [-0.4, -0.2) is 23.3 Å². The molecule has 1 atom stereocenters. The molecular weight excluding hydrogens is 372 g/mol. The molecule has 2 aromatic heterocycles. The Morgan fingerprint density at radius 2 is 1.79 bits per heavy atom. The number of esters is 1. The molecule has 29 heavy (non-hydrogen) atoms. The molecule has 7 nitrogen and oxygen atoms in total. The fraction of sp³-hybridized carbons (Fsp3) is 0.227. The van der Waals surface area contributed by atoms with Crippen LogP contribution in [0.4, 0.5) is 0 Å². The maximum atomic E-state index is 12.7. The van der Waals surface area contributed by atoms with Gasteiger partial charge in [0.05, 0.1) is 7.11 Å². The molecule has 148 valence electrons. The number of carbonyl (C=O) groups excluding carboxylic acids is 1. The lowest BCUT2D eigenvalue weighted by molar-refractivity contribution is 0.0245. The van der Waals surface area contributed by atoms with Crippen molar-refractivity contribution < 1.29 is 23.1 Å². The largest absolute Gasteiger partial charge is 0.497 e. The highest BCUT2D eigenvalue weighted by Gasteiger charge is 2.24. The Bertz CT molecular complexity index is 1170. The van der Waals surface area contributed by atoms with E-state index in [2.05, 4.69) is 10.2 Å². The van der Waals surface area contributed by atoms with Crippen LogP contribution in [0.5, 0.6) is 5.75 Å². The van der Waals surface area contributed by atoms with Crippen molar-refractivity contribution in [3.8, 4) is 17.2 Å². The van der Waals surface area contributed by atoms with Gasteiger partial charge in [0.25, 0.3) is 5.89 Å². The molecule has 2 aromatic carbocycles. The first-order valence-electron chi connectivity index (χ1n) is 9.15. The number of hydrogen-bond donors (Lipinski definition) is 0. The van der Waals surface area contributed by atoms with E-state index in [9.17, 15) is 4.79 Å². The number of fused-ring (bicyclic) bond motifs is 1. The number of carbonyl (C=O) groups is 1. The number of methoxy groups -OCH3 is 1. The number of aromatic nitrogens is 2. The molecule has 0 saturated carbocycles. The Labute approximate surface area is 167 Å². The van der Waals surface area contributed by atoms with Crippen molar-refractivity contribution in [1.29, 1.82) is 0 Å². The van der Waals surface area contributed by atoms with Gasteiger partial charge >= 0.3 is 5.97 Å². The van der Waals surface area contributed by atoms with Crippen molar-refractivity contribution in [2.45, 2.75) is 26.9 Å². The van der Waals surface area contributed by atoms with Gasteiger partial charge in [-0.1, -0.05) is 17.7 Å². The highest BCUT2D eigenvalue weighted by atomic mass is 16.6. The standard InChI is InChI=1S/C22H20N2O5/c1-12-5-7-15(8-6-12)21-24-23-20(29-21)14(3)27-22(25)19-13(2)17-11-16(26-4)9-10-18(17)28-19/h5-11,14H,1-4H3/t14-/m0/s1. The van der Waals surface area contributed by atoms with Crippen LogP contribution in [0.25, 0.3) is 22.4 Å². The normalized spacial score (nSPS) is 12.1. The summed E-state index contributed by atoms with van der Waals surface area (Å²) < 4.78 is 22.1. The van der Waals surface area contributed by atoms with E-state index in [-0.39, 0.29) is 11.7 Å². The Morgan fingerprint density at radius 3 is 2.52 bits per heavy atom. The van der Waals surface area contributed by atoms with E-state index in [1.54, 1.807) is 33.1 Å². The smallest absolute Gasteiger partial charge is 0.375 e. The quantitative estimate of drug-likeness (QED) is 0.440. The van der Waals surface area contributed by atoms with Crippen LogP contribution in [0.15, 0.2) is 51.3 Å². The minimum absolute atomic E-state index is 0.137. The van der Waals surface area contributed by atoms with Gasteiger partial charge in [0, 0.05) is 16.5 Å². The van der Waals surface area contributed by atoms with E-state index >= 15 is 0 Å². The van der Waals surface area contributed by atoms with E-state index in [0.717, 1.165) is 16.5 Å². The van der Waals surface area contributed by atoms with Crippen molar-refractivity contribution in [2.24, 2.45) is 0 Å².